The van der Waals surface area contributed by atoms with E-state index in [0.29, 0.717) is 19.8 Å². The molecule has 0 aromatic carbocycles. The molecule has 0 spiro atoms. The third-order valence-corrected chi connectivity index (χ3v) is 5.32. The monoisotopic (exact) mass is 394 g/mol. The van der Waals surface area contributed by atoms with Crippen LogP contribution in [0.25, 0.3) is 0 Å². The zero-order chi connectivity index (χ0) is 18.0. The van der Waals surface area contributed by atoms with Gasteiger partial charge in [0, 0.05) is 0 Å². The molecule has 0 aliphatic rings. The second-order valence-electron chi connectivity index (χ2n) is 4.45. The van der Waals surface area contributed by atoms with Crippen molar-refractivity contribution in [2.75, 3.05) is 22.9 Å². The zero-order valence-electron chi connectivity index (χ0n) is 12.4. The van der Waals surface area contributed by atoms with Gasteiger partial charge in [0.1, 0.15) is 51.1 Å². The molecular formula is C12H11ClN10S2. The first-order valence-corrected chi connectivity index (χ1v) is 8.57. The number of aromatic nitrogens is 6. The molecule has 0 radical (unpaired) electrons. The lowest BCUT2D eigenvalue weighted by Gasteiger charge is -2.11. The van der Waals surface area contributed by atoms with E-state index in [1.165, 1.54) is 18.9 Å². The van der Waals surface area contributed by atoms with E-state index in [0.717, 1.165) is 23.5 Å². The van der Waals surface area contributed by atoms with Crippen molar-refractivity contribution in [3.8, 4) is 0 Å². The molecule has 13 heteroatoms. The summed E-state index contributed by atoms with van der Waals surface area (Å²) in [6, 6.07) is 0. The first kappa shape index (κ1) is 17.3. The van der Waals surface area contributed by atoms with Crippen molar-refractivity contribution in [1.82, 2.24) is 29.9 Å². The number of rotatable bonds is 4. The maximum Gasteiger partial charge on any atom is 0.148 e. The van der Waals surface area contributed by atoms with Crippen LogP contribution in [0.5, 0.6) is 0 Å². The third kappa shape index (κ3) is 3.75. The number of nitrogens with two attached hydrogens (primary N) is 4. The van der Waals surface area contributed by atoms with E-state index >= 15 is 0 Å². The molecule has 0 fully saturated rings. The smallest absolute Gasteiger partial charge is 0.148 e. The van der Waals surface area contributed by atoms with Gasteiger partial charge in [-0.3, -0.25) is 0 Å². The molecule has 128 valence electrons. The third-order valence-electron chi connectivity index (χ3n) is 2.79. The lowest BCUT2D eigenvalue weighted by atomic mass is 10.5. The topological polar surface area (TPSA) is 181 Å². The molecule has 0 atom stereocenters. The van der Waals surface area contributed by atoms with E-state index in [9.17, 15) is 0 Å². The van der Waals surface area contributed by atoms with Gasteiger partial charge in [-0.15, -0.1) is 0 Å². The predicted molar refractivity (Wildman–Crippen MR) is 97.0 cm³/mol. The summed E-state index contributed by atoms with van der Waals surface area (Å²) in [5.41, 5.74) is 23.4. The summed E-state index contributed by atoms with van der Waals surface area (Å²) < 4.78 is 0. The van der Waals surface area contributed by atoms with Crippen LogP contribution in [0.15, 0.2) is 38.7 Å². The summed E-state index contributed by atoms with van der Waals surface area (Å²) in [7, 11) is 0. The number of hydrogen-bond donors (Lipinski definition) is 4. The molecule has 25 heavy (non-hydrogen) atoms. The van der Waals surface area contributed by atoms with Gasteiger partial charge in [-0.1, -0.05) is 35.1 Å². The Balaban J connectivity index is 2.02. The number of nitrogens with zero attached hydrogens (tertiary/aromatic N) is 6. The number of anilines is 4. The fraction of sp³-hybridized carbons (Fsp3) is 0. The normalized spacial score (nSPS) is 10.8. The quantitative estimate of drug-likeness (QED) is 0.498. The number of hydrogen-bond acceptors (Lipinski definition) is 12. The second-order valence-corrected chi connectivity index (χ2v) is 6.84. The van der Waals surface area contributed by atoms with Gasteiger partial charge in [-0.2, -0.15) is 0 Å². The van der Waals surface area contributed by atoms with Crippen LogP contribution in [0.3, 0.4) is 0 Å². The minimum Gasteiger partial charge on any atom is -0.383 e. The van der Waals surface area contributed by atoms with E-state index in [1.807, 2.05) is 0 Å². The molecule has 3 rings (SSSR count). The summed E-state index contributed by atoms with van der Waals surface area (Å²) in [4.78, 5) is 25.1. The van der Waals surface area contributed by atoms with Crippen molar-refractivity contribution < 1.29 is 0 Å². The molecule has 0 aliphatic carbocycles. The summed E-state index contributed by atoms with van der Waals surface area (Å²) in [5.74, 6) is 0.897. The van der Waals surface area contributed by atoms with Crippen LogP contribution in [0, 0.1) is 0 Å². The van der Waals surface area contributed by atoms with Crippen LogP contribution in [-0.4, -0.2) is 29.9 Å². The summed E-state index contributed by atoms with van der Waals surface area (Å²) in [5, 5.41) is 1.12. The molecule has 0 saturated carbocycles. The summed E-state index contributed by atoms with van der Waals surface area (Å²) >= 11 is 8.26. The molecule has 0 bridgehead atoms. The molecule has 10 nitrogen and oxygen atoms in total. The van der Waals surface area contributed by atoms with Gasteiger partial charge in [0.05, 0.1) is 16.0 Å². The zero-order valence-corrected chi connectivity index (χ0v) is 14.8. The van der Waals surface area contributed by atoms with Crippen LogP contribution in [0.2, 0.25) is 5.15 Å². The predicted octanol–water partition coefficient (Wildman–Crippen LogP) is 1.34. The van der Waals surface area contributed by atoms with Crippen molar-refractivity contribution in [3.05, 3.63) is 24.0 Å². The van der Waals surface area contributed by atoms with Crippen LogP contribution < -0.4 is 22.9 Å². The molecule has 0 saturated heterocycles. The Labute approximate surface area is 155 Å². The molecular weight excluding hydrogens is 384 g/mol. The average molecular weight is 395 g/mol. The molecule has 3 aromatic heterocycles. The molecule has 0 unspecified atom stereocenters. The first-order chi connectivity index (χ1) is 12.0. The van der Waals surface area contributed by atoms with Gasteiger partial charge in [-0.25, -0.2) is 29.9 Å². The highest BCUT2D eigenvalue weighted by Crippen LogP contribution is 2.41. The molecule has 3 aromatic rings. The van der Waals surface area contributed by atoms with E-state index in [1.54, 1.807) is 0 Å². The van der Waals surface area contributed by atoms with E-state index in [-0.39, 0.29) is 28.4 Å². The lowest BCUT2D eigenvalue weighted by Crippen LogP contribution is -2.02. The summed E-state index contributed by atoms with van der Waals surface area (Å²) in [6.07, 6.45) is 3.95. The van der Waals surface area contributed by atoms with Gasteiger partial charge < -0.3 is 22.9 Å². The second kappa shape index (κ2) is 7.13. The Bertz CT molecular complexity index is 897. The van der Waals surface area contributed by atoms with E-state index < -0.39 is 0 Å². The van der Waals surface area contributed by atoms with Crippen molar-refractivity contribution in [2.45, 2.75) is 19.8 Å². The van der Waals surface area contributed by atoms with Crippen molar-refractivity contribution in [3.63, 3.8) is 0 Å². The highest BCUT2D eigenvalue weighted by Gasteiger charge is 2.18. The van der Waals surface area contributed by atoms with Crippen LogP contribution >= 0.6 is 35.1 Å². The number of halogens is 1. The molecule has 0 aliphatic heterocycles. The molecule has 3 heterocycles. The summed E-state index contributed by atoms with van der Waals surface area (Å²) in [6.45, 7) is 0. The average Bonchev–Trinajstić information content (AvgIpc) is 2.56. The van der Waals surface area contributed by atoms with Gasteiger partial charge in [-0.05, 0) is 0 Å². The van der Waals surface area contributed by atoms with Crippen molar-refractivity contribution >= 4 is 58.4 Å². The Morgan fingerprint density at radius 1 is 0.680 bits per heavy atom. The lowest BCUT2D eigenvalue weighted by molar-refractivity contribution is 0.918. The maximum absolute atomic E-state index is 5.96. The fourth-order valence-corrected chi connectivity index (χ4v) is 3.65. The Hall–Kier alpha value is -2.57. The van der Waals surface area contributed by atoms with Crippen LogP contribution in [0.1, 0.15) is 0 Å². The first-order valence-electron chi connectivity index (χ1n) is 6.56. The van der Waals surface area contributed by atoms with E-state index in [2.05, 4.69) is 29.9 Å². The minimum atomic E-state index is 0.200. The van der Waals surface area contributed by atoms with Gasteiger partial charge in [0.15, 0.2) is 0 Å². The maximum atomic E-state index is 5.96. The SMILES string of the molecule is Nc1ncnc(N)c1Sc1ncc(Cl)nc1Sc1c(N)ncnc1N. The Morgan fingerprint density at radius 3 is 1.60 bits per heavy atom. The van der Waals surface area contributed by atoms with E-state index in [4.69, 9.17) is 34.5 Å². The van der Waals surface area contributed by atoms with Gasteiger partial charge in [0.25, 0.3) is 0 Å². The van der Waals surface area contributed by atoms with Crippen molar-refractivity contribution in [1.29, 1.82) is 0 Å². The minimum absolute atomic E-state index is 0.200. The van der Waals surface area contributed by atoms with Gasteiger partial charge in [0.2, 0.25) is 0 Å². The standard InChI is InChI=1S/C12H11ClN10S2/c13-4-1-18-11(24-5-7(14)19-2-20-8(5)15)12(23-4)25-6-9(16)21-3-22-10(6)17/h1-3H,(H4,14,15,19,20)(H4,16,17,21,22). The van der Waals surface area contributed by atoms with Gasteiger partial charge >= 0.3 is 0 Å². The van der Waals surface area contributed by atoms with Crippen LogP contribution in [-0.2, 0) is 0 Å². The molecule has 0 amide bonds. The highest BCUT2D eigenvalue weighted by atomic mass is 35.5. The largest absolute Gasteiger partial charge is 0.383 e. The highest BCUT2D eigenvalue weighted by molar-refractivity contribution is 8.02. The Kier molecular flexibility index (Phi) is 4.92. The fourth-order valence-electron chi connectivity index (χ4n) is 1.68. The number of nitrogen functional groups attached to an aromatic ring is 4. The van der Waals surface area contributed by atoms with Crippen molar-refractivity contribution in [2.24, 2.45) is 0 Å². The molecule has 8 N–H and O–H groups in total. The Morgan fingerprint density at radius 2 is 1.12 bits per heavy atom. The van der Waals surface area contributed by atoms with Crippen LogP contribution in [0.4, 0.5) is 23.3 Å².